The quantitative estimate of drug-likeness (QED) is 0.334. The molecule has 0 amide bonds. The van der Waals surface area contributed by atoms with Gasteiger partial charge in [0.05, 0.1) is 0 Å². The second kappa shape index (κ2) is 21.5. The molecule has 3 N–H and O–H groups in total. The fourth-order valence-electron chi connectivity index (χ4n) is 0.503. The van der Waals surface area contributed by atoms with Crippen LogP contribution in [0.3, 0.4) is 0 Å². The molecule has 0 aliphatic carbocycles. The molecule has 0 fully saturated rings. The van der Waals surface area contributed by atoms with E-state index >= 15 is 0 Å². The van der Waals surface area contributed by atoms with Gasteiger partial charge in [0, 0.05) is 0 Å². The van der Waals surface area contributed by atoms with Gasteiger partial charge in [0.15, 0.2) is 9.85 Å². The zero-order valence-corrected chi connectivity index (χ0v) is 18.6. The van der Waals surface area contributed by atoms with E-state index in [1.165, 1.54) is 0 Å². The standard InChI is InChI=1S/C5H6FSi.3C3H8N.Hf/c6-7-5-3-1-2-4-5;3*1-3(2)4;/h1-4H,7H2;3*3-4H,1-2H3;/q4*-1;+4. The molecule has 0 saturated carbocycles. The summed E-state index contributed by atoms with van der Waals surface area (Å²) >= 11 is 0. The maximum atomic E-state index is 11.7. The van der Waals surface area contributed by atoms with Gasteiger partial charge in [-0.05, 0) is 0 Å². The Hall–Kier alpha value is 0.247. The Kier molecular flexibility index (Phi) is 30.6. The van der Waals surface area contributed by atoms with Crippen molar-refractivity contribution in [3.63, 3.8) is 0 Å². The molecule has 20 heavy (non-hydrogen) atoms. The molecular formula is C14H30FHfN3Si. The van der Waals surface area contributed by atoms with Gasteiger partial charge >= 0.3 is 25.8 Å². The Morgan fingerprint density at radius 2 is 1.00 bits per heavy atom. The summed E-state index contributed by atoms with van der Waals surface area (Å²) < 4.78 is 11.7. The van der Waals surface area contributed by atoms with Gasteiger partial charge in [-0.25, -0.2) is 12.1 Å². The van der Waals surface area contributed by atoms with Gasteiger partial charge in [-0.1, -0.05) is 41.5 Å². The number of hydrogen-bond donors (Lipinski definition) is 0. The Morgan fingerprint density at radius 3 is 1.10 bits per heavy atom. The van der Waals surface area contributed by atoms with Crippen molar-refractivity contribution in [2.75, 3.05) is 0 Å². The zero-order chi connectivity index (χ0) is 15.8. The average molecular weight is 466 g/mol. The minimum Gasteiger partial charge on any atom is -0.675 e. The van der Waals surface area contributed by atoms with Crippen molar-refractivity contribution in [1.29, 1.82) is 0 Å². The van der Waals surface area contributed by atoms with E-state index < -0.39 is 9.85 Å². The van der Waals surface area contributed by atoms with Crippen molar-refractivity contribution >= 4 is 15.0 Å². The number of rotatable bonds is 1. The van der Waals surface area contributed by atoms with Gasteiger partial charge in [0.25, 0.3) is 0 Å². The van der Waals surface area contributed by atoms with Gasteiger partial charge in [0.2, 0.25) is 0 Å². The molecule has 0 aliphatic rings. The number of nitrogens with one attached hydrogen (secondary N) is 3. The van der Waals surface area contributed by atoms with Crippen LogP contribution in [0, 0.1) is 0 Å². The third kappa shape index (κ3) is 63.5. The van der Waals surface area contributed by atoms with Crippen molar-refractivity contribution in [3.8, 4) is 0 Å². The number of hydrogen-bond acceptors (Lipinski definition) is 0. The topological polar surface area (TPSA) is 71.4 Å². The van der Waals surface area contributed by atoms with Crippen LogP contribution in [0.15, 0.2) is 24.3 Å². The second-order valence-corrected chi connectivity index (χ2v) is 5.97. The minimum absolute atomic E-state index is 0. The fraction of sp³-hybridized carbons (Fsp3) is 0.643. The molecule has 6 heteroatoms. The Labute approximate surface area is 146 Å². The van der Waals surface area contributed by atoms with E-state index in [4.69, 9.17) is 17.2 Å². The molecule has 0 aromatic heterocycles. The predicted octanol–water partition coefficient (Wildman–Crippen LogP) is 4.42. The van der Waals surface area contributed by atoms with Crippen LogP contribution in [-0.4, -0.2) is 28.0 Å². The Morgan fingerprint density at radius 1 is 0.800 bits per heavy atom. The molecule has 116 valence electrons. The van der Waals surface area contributed by atoms with Crippen LogP contribution in [0.5, 0.6) is 0 Å². The van der Waals surface area contributed by atoms with Crippen LogP contribution in [0.4, 0.5) is 4.11 Å². The predicted molar refractivity (Wildman–Crippen MR) is 89.7 cm³/mol. The van der Waals surface area contributed by atoms with Gasteiger partial charge in [-0.2, -0.15) is 12.1 Å². The summed E-state index contributed by atoms with van der Waals surface area (Å²) in [5, 5.41) is 0.903. The van der Waals surface area contributed by atoms with E-state index in [1.54, 1.807) is 0 Å². The van der Waals surface area contributed by atoms with Gasteiger partial charge in [-0.15, -0.1) is 23.3 Å². The first-order valence-electron chi connectivity index (χ1n) is 6.53. The van der Waals surface area contributed by atoms with Crippen LogP contribution in [0.2, 0.25) is 0 Å². The van der Waals surface area contributed by atoms with E-state index in [9.17, 15) is 4.11 Å². The van der Waals surface area contributed by atoms with Crippen molar-refractivity contribution in [1.82, 2.24) is 0 Å². The summed E-state index contributed by atoms with van der Waals surface area (Å²) in [5.41, 5.74) is 19.8. The first-order chi connectivity index (χ1) is 8.63. The fourth-order valence-corrected chi connectivity index (χ4v) is 0.953. The minimum atomic E-state index is -1.37. The normalized spacial score (nSPS) is 9.25. The van der Waals surface area contributed by atoms with Gasteiger partial charge in [-0.3, -0.25) is 0 Å². The molecule has 0 saturated heterocycles. The second-order valence-electron chi connectivity index (χ2n) is 4.89. The monoisotopic (exact) mass is 467 g/mol. The molecule has 1 rings (SSSR count). The molecule has 1 aromatic carbocycles. The van der Waals surface area contributed by atoms with Crippen LogP contribution < -0.4 is 5.19 Å². The molecule has 0 bridgehead atoms. The summed E-state index contributed by atoms with van der Waals surface area (Å²) in [7, 11) is -1.37. The summed E-state index contributed by atoms with van der Waals surface area (Å²) in [5.74, 6) is 0. The van der Waals surface area contributed by atoms with Crippen molar-refractivity contribution in [2.45, 2.75) is 59.7 Å². The van der Waals surface area contributed by atoms with E-state index in [2.05, 4.69) is 0 Å². The summed E-state index contributed by atoms with van der Waals surface area (Å²) in [6.07, 6.45) is 0. The Balaban J connectivity index is -0.0000000881. The molecule has 0 radical (unpaired) electrons. The van der Waals surface area contributed by atoms with Gasteiger partial charge < -0.3 is 21.3 Å². The van der Waals surface area contributed by atoms with E-state index in [-0.39, 0.29) is 44.0 Å². The summed E-state index contributed by atoms with van der Waals surface area (Å²) in [4.78, 5) is 0. The van der Waals surface area contributed by atoms with E-state index in [0.717, 1.165) is 5.19 Å². The van der Waals surface area contributed by atoms with Crippen LogP contribution >= 0.6 is 0 Å². The molecule has 0 atom stereocenters. The van der Waals surface area contributed by atoms with E-state index in [0.29, 0.717) is 0 Å². The number of halogens is 1. The molecular weight excluding hydrogens is 436 g/mol. The molecule has 0 aliphatic heterocycles. The van der Waals surface area contributed by atoms with E-state index in [1.807, 2.05) is 65.8 Å². The molecule has 0 unspecified atom stereocenters. The first-order valence-corrected chi connectivity index (χ1v) is 7.77. The van der Waals surface area contributed by atoms with Crippen molar-refractivity contribution in [2.24, 2.45) is 0 Å². The molecule has 0 heterocycles. The third-order valence-electron chi connectivity index (χ3n) is 0.886. The summed E-state index contributed by atoms with van der Waals surface area (Å²) in [6, 6.07) is 7.63. The average Bonchev–Trinajstić information content (AvgIpc) is 2.66. The maximum absolute atomic E-state index is 11.7. The summed E-state index contributed by atoms with van der Waals surface area (Å²) in [6.45, 7) is 11.0. The molecule has 0 spiro atoms. The van der Waals surface area contributed by atoms with Crippen molar-refractivity contribution in [3.05, 3.63) is 41.5 Å². The van der Waals surface area contributed by atoms with Crippen LogP contribution in [0.1, 0.15) is 41.5 Å². The Bertz CT molecular complexity index is 220. The third-order valence-corrected chi connectivity index (χ3v) is 1.67. The smallest absolute Gasteiger partial charge is 0.675 e. The zero-order valence-electron chi connectivity index (χ0n) is 13.6. The van der Waals surface area contributed by atoms with Crippen molar-refractivity contribution < 1.29 is 30.0 Å². The SMILES string of the molecule is CC(C)[NH-].CC(C)[NH-].CC(C)[NH-].F[SiH2][c-]1cccc1.[Hf+4]. The molecule has 1 aromatic rings. The maximum Gasteiger partial charge on any atom is 4.00 e. The first kappa shape index (κ1) is 28.4. The van der Waals surface area contributed by atoms with Gasteiger partial charge in [0.1, 0.15) is 0 Å². The van der Waals surface area contributed by atoms with Crippen LogP contribution in [0.25, 0.3) is 17.2 Å². The largest absolute Gasteiger partial charge is 4.00 e. The van der Waals surface area contributed by atoms with Crippen LogP contribution in [-0.2, 0) is 25.8 Å². The molecule has 3 nitrogen and oxygen atoms in total.